The molecular weight excluding hydrogens is 350 g/mol. The average Bonchev–Trinajstić information content (AvgIpc) is 2.58. The maximum atomic E-state index is 12.6. The van der Waals surface area contributed by atoms with Gasteiger partial charge in [-0.25, -0.2) is 14.8 Å². The molecule has 0 aliphatic carbocycles. The van der Waals surface area contributed by atoms with Crippen molar-refractivity contribution in [3.05, 3.63) is 58.4 Å². The van der Waals surface area contributed by atoms with E-state index in [0.717, 1.165) is 22.3 Å². The number of esters is 1. The molecule has 0 spiro atoms. The van der Waals surface area contributed by atoms with Crippen LogP contribution in [0.4, 0.5) is 11.4 Å². The number of hydrogen-bond acceptors (Lipinski definition) is 5. The molecule has 0 aliphatic rings. The minimum Gasteiger partial charge on any atom is -0.459 e. The van der Waals surface area contributed by atoms with Crippen LogP contribution in [0.5, 0.6) is 0 Å². The van der Waals surface area contributed by atoms with Crippen molar-refractivity contribution in [2.45, 2.75) is 33.8 Å². The number of carbonyl (C=O) groups excluding carboxylic acids is 1. The van der Waals surface area contributed by atoms with Gasteiger partial charge in [0.05, 0.1) is 11.8 Å². The van der Waals surface area contributed by atoms with Gasteiger partial charge in [0.25, 0.3) is 0 Å². The van der Waals surface area contributed by atoms with Crippen LogP contribution >= 0.6 is 11.6 Å². The second-order valence-electron chi connectivity index (χ2n) is 6.36. The third-order valence-corrected chi connectivity index (χ3v) is 4.37. The summed E-state index contributed by atoms with van der Waals surface area (Å²) in [4.78, 5) is 21.4. The van der Waals surface area contributed by atoms with Gasteiger partial charge >= 0.3 is 5.97 Å². The Labute approximate surface area is 157 Å². The van der Waals surface area contributed by atoms with Crippen molar-refractivity contribution in [1.82, 2.24) is 9.97 Å². The molecular formula is C20H20ClN3O2. The number of carbonyl (C=O) groups is 1. The minimum atomic E-state index is -0.433. The van der Waals surface area contributed by atoms with Crippen LogP contribution in [0.3, 0.4) is 0 Å². The Hall–Kier alpha value is -2.66. The summed E-state index contributed by atoms with van der Waals surface area (Å²) < 4.78 is 5.38. The molecule has 0 amide bonds. The molecule has 3 aromatic rings. The molecule has 5 nitrogen and oxygen atoms in total. The number of rotatable bonds is 4. The van der Waals surface area contributed by atoms with E-state index in [1.165, 1.54) is 6.20 Å². The highest BCUT2D eigenvalue weighted by Crippen LogP contribution is 2.32. The van der Waals surface area contributed by atoms with Crippen molar-refractivity contribution >= 4 is 40.0 Å². The predicted molar refractivity (Wildman–Crippen MR) is 104 cm³/mol. The third-order valence-electron chi connectivity index (χ3n) is 3.96. The normalized spacial score (nSPS) is 11.0. The molecule has 3 rings (SSSR count). The van der Waals surface area contributed by atoms with Crippen molar-refractivity contribution in [2.75, 3.05) is 5.32 Å². The molecule has 0 aliphatic heterocycles. The van der Waals surface area contributed by atoms with Crippen LogP contribution in [0.15, 0.2) is 36.5 Å². The molecule has 6 heteroatoms. The van der Waals surface area contributed by atoms with Gasteiger partial charge in [0.1, 0.15) is 5.56 Å². The van der Waals surface area contributed by atoms with Gasteiger partial charge in [-0.05, 0) is 57.5 Å². The highest BCUT2D eigenvalue weighted by atomic mass is 35.5. The number of nitrogens with one attached hydrogen (secondary N) is 1. The first-order valence-electron chi connectivity index (χ1n) is 8.36. The van der Waals surface area contributed by atoms with E-state index in [1.807, 2.05) is 58.0 Å². The van der Waals surface area contributed by atoms with Crippen molar-refractivity contribution in [3.63, 3.8) is 0 Å². The summed E-state index contributed by atoms with van der Waals surface area (Å²) in [6, 6.07) is 9.38. The van der Waals surface area contributed by atoms with Crippen molar-refractivity contribution in [3.8, 4) is 0 Å². The van der Waals surface area contributed by atoms with E-state index in [2.05, 4.69) is 15.3 Å². The summed E-state index contributed by atoms with van der Waals surface area (Å²) in [6.45, 7) is 7.44. The van der Waals surface area contributed by atoms with E-state index >= 15 is 0 Å². The molecule has 0 radical (unpaired) electrons. The summed E-state index contributed by atoms with van der Waals surface area (Å²) >= 11 is 6.23. The summed E-state index contributed by atoms with van der Waals surface area (Å²) in [5.41, 5.74) is 4.09. The van der Waals surface area contributed by atoms with Gasteiger partial charge in [-0.2, -0.15) is 0 Å². The molecule has 0 fully saturated rings. The minimum absolute atomic E-state index is 0.227. The van der Waals surface area contributed by atoms with E-state index in [4.69, 9.17) is 16.3 Å². The van der Waals surface area contributed by atoms with Crippen LogP contribution in [0.25, 0.3) is 11.0 Å². The Morgan fingerprint density at radius 2 is 1.96 bits per heavy atom. The van der Waals surface area contributed by atoms with Crippen LogP contribution in [0.1, 0.15) is 35.5 Å². The lowest BCUT2D eigenvalue weighted by atomic mass is 10.1. The zero-order valence-corrected chi connectivity index (χ0v) is 15.9. The smallest absolute Gasteiger partial charge is 0.342 e. The van der Waals surface area contributed by atoms with E-state index in [-0.39, 0.29) is 6.10 Å². The second-order valence-corrected chi connectivity index (χ2v) is 6.77. The first-order valence-corrected chi connectivity index (χ1v) is 8.74. The fourth-order valence-corrected chi connectivity index (χ4v) is 2.79. The number of aryl methyl sites for hydroxylation is 1. The number of pyridine rings is 2. The Balaban J connectivity index is 2.18. The lowest BCUT2D eigenvalue weighted by molar-refractivity contribution is 0.0379. The van der Waals surface area contributed by atoms with Crippen molar-refractivity contribution in [1.29, 1.82) is 0 Å². The van der Waals surface area contributed by atoms with Gasteiger partial charge in [-0.15, -0.1) is 0 Å². The van der Waals surface area contributed by atoms with E-state index < -0.39 is 5.97 Å². The molecule has 0 bridgehead atoms. The SMILES string of the molecule is Cc1ccc2c(Nc3cccc(Cl)c3C)c(C(=O)OC(C)C)cnc2n1. The van der Waals surface area contributed by atoms with E-state index in [1.54, 1.807) is 0 Å². The molecule has 26 heavy (non-hydrogen) atoms. The zero-order chi connectivity index (χ0) is 18.8. The predicted octanol–water partition coefficient (Wildman–Crippen LogP) is 5.21. The van der Waals surface area contributed by atoms with Crippen LogP contribution in [0, 0.1) is 13.8 Å². The van der Waals surface area contributed by atoms with Gasteiger partial charge in [-0.1, -0.05) is 17.7 Å². The number of fused-ring (bicyclic) bond motifs is 1. The molecule has 2 heterocycles. The maximum absolute atomic E-state index is 12.6. The third kappa shape index (κ3) is 3.63. The van der Waals surface area contributed by atoms with Crippen molar-refractivity contribution in [2.24, 2.45) is 0 Å². The number of anilines is 2. The first-order chi connectivity index (χ1) is 12.4. The zero-order valence-electron chi connectivity index (χ0n) is 15.1. The largest absolute Gasteiger partial charge is 0.459 e. The Morgan fingerprint density at radius 3 is 2.69 bits per heavy atom. The highest BCUT2D eigenvalue weighted by molar-refractivity contribution is 6.31. The van der Waals surface area contributed by atoms with Crippen LogP contribution in [-0.2, 0) is 4.74 Å². The van der Waals surface area contributed by atoms with Crippen LogP contribution < -0.4 is 5.32 Å². The molecule has 1 N–H and O–H groups in total. The number of hydrogen-bond donors (Lipinski definition) is 1. The molecule has 0 unspecified atom stereocenters. The second kappa shape index (κ2) is 7.30. The van der Waals surface area contributed by atoms with Crippen LogP contribution in [-0.4, -0.2) is 22.0 Å². The average molecular weight is 370 g/mol. The van der Waals surface area contributed by atoms with E-state index in [0.29, 0.717) is 21.9 Å². The summed E-state index contributed by atoms with van der Waals surface area (Å²) in [5.74, 6) is -0.433. The standard InChI is InChI=1S/C20H20ClN3O2/c1-11(2)26-20(25)15-10-22-19-14(9-8-12(3)23-19)18(15)24-17-7-5-6-16(21)13(17)4/h5-11H,1-4H3,(H,22,23,24). The van der Waals surface area contributed by atoms with Gasteiger partial charge in [0.15, 0.2) is 5.65 Å². The van der Waals surface area contributed by atoms with Gasteiger partial charge in [-0.3, -0.25) is 0 Å². The fourth-order valence-electron chi connectivity index (χ4n) is 2.62. The van der Waals surface area contributed by atoms with Crippen LogP contribution in [0.2, 0.25) is 5.02 Å². The molecule has 1 aromatic carbocycles. The van der Waals surface area contributed by atoms with Gasteiger partial charge in [0, 0.05) is 28.0 Å². The fraction of sp³-hybridized carbons (Fsp3) is 0.250. The lowest BCUT2D eigenvalue weighted by Crippen LogP contribution is -2.14. The Morgan fingerprint density at radius 1 is 1.19 bits per heavy atom. The van der Waals surface area contributed by atoms with Gasteiger partial charge in [0.2, 0.25) is 0 Å². The monoisotopic (exact) mass is 369 g/mol. The number of aromatic nitrogens is 2. The van der Waals surface area contributed by atoms with Gasteiger partial charge < -0.3 is 10.1 Å². The lowest BCUT2D eigenvalue weighted by Gasteiger charge is -2.17. The summed E-state index contributed by atoms with van der Waals surface area (Å²) in [6.07, 6.45) is 1.27. The maximum Gasteiger partial charge on any atom is 0.342 e. The molecule has 0 saturated heterocycles. The Kier molecular flexibility index (Phi) is 5.09. The molecule has 0 saturated carbocycles. The number of halogens is 1. The first kappa shape index (κ1) is 18.1. The number of ether oxygens (including phenoxy) is 1. The summed E-state index contributed by atoms with van der Waals surface area (Å²) in [7, 11) is 0. The highest BCUT2D eigenvalue weighted by Gasteiger charge is 2.19. The topological polar surface area (TPSA) is 64.1 Å². The number of benzene rings is 1. The molecule has 0 atom stereocenters. The summed E-state index contributed by atoms with van der Waals surface area (Å²) in [5, 5.41) is 4.72. The Bertz CT molecular complexity index is 986. The quantitative estimate of drug-likeness (QED) is 0.639. The molecule has 134 valence electrons. The van der Waals surface area contributed by atoms with E-state index in [9.17, 15) is 4.79 Å². The molecule has 2 aromatic heterocycles. The number of nitrogens with zero attached hydrogens (tertiary/aromatic N) is 2. The van der Waals surface area contributed by atoms with Crippen molar-refractivity contribution < 1.29 is 9.53 Å².